The van der Waals surface area contributed by atoms with Crippen molar-refractivity contribution in [3.05, 3.63) is 265 Å². The molecule has 10 aromatic carbocycles. The Morgan fingerprint density at radius 2 is 0.909 bits per heavy atom. The molecule has 1 aliphatic carbocycles. The third-order valence-corrected chi connectivity index (χ3v) is 14.8. The molecule has 0 radical (unpaired) electrons. The maximum absolute atomic E-state index is 5.42. The van der Waals surface area contributed by atoms with Gasteiger partial charge in [-0.3, -0.25) is 0 Å². The fourth-order valence-electron chi connectivity index (χ4n) is 10.5. The molecule has 1 aliphatic rings. The molecule has 0 saturated carbocycles. The van der Waals surface area contributed by atoms with Crippen molar-refractivity contribution < 1.29 is 0 Å². The van der Waals surface area contributed by atoms with Crippen molar-refractivity contribution in [3.8, 4) is 67.3 Å². The summed E-state index contributed by atoms with van der Waals surface area (Å²) in [6.07, 6.45) is 0. The van der Waals surface area contributed by atoms with Gasteiger partial charge in [0.25, 0.3) is 0 Å². The Balaban J connectivity index is 1.04. The van der Waals surface area contributed by atoms with Crippen molar-refractivity contribution in [2.24, 2.45) is 0 Å². The van der Waals surface area contributed by atoms with Crippen molar-refractivity contribution in [2.45, 2.75) is 5.41 Å². The van der Waals surface area contributed by atoms with Crippen LogP contribution < -0.4 is 0 Å². The van der Waals surface area contributed by atoms with Crippen LogP contribution in [0.3, 0.4) is 0 Å². The second kappa shape index (κ2) is 15.5. The zero-order valence-corrected chi connectivity index (χ0v) is 36.7. The molecule has 0 saturated heterocycles. The van der Waals surface area contributed by atoms with E-state index >= 15 is 0 Å². The van der Waals surface area contributed by atoms with E-state index in [1.165, 1.54) is 69.9 Å². The maximum Gasteiger partial charge on any atom is 0.160 e. The van der Waals surface area contributed by atoms with Gasteiger partial charge in [-0.1, -0.05) is 200 Å². The summed E-state index contributed by atoms with van der Waals surface area (Å²) in [5, 5.41) is 5.01. The van der Waals surface area contributed by atoms with Gasteiger partial charge in [0.2, 0.25) is 0 Å². The van der Waals surface area contributed by atoms with E-state index in [0.29, 0.717) is 5.82 Å². The van der Waals surface area contributed by atoms with Crippen molar-refractivity contribution in [1.82, 2.24) is 9.97 Å². The minimum absolute atomic E-state index is 0.476. The van der Waals surface area contributed by atoms with Crippen LogP contribution in [0.1, 0.15) is 22.3 Å². The molecular formula is C63H40N2S. The molecule has 2 heterocycles. The van der Waals surface area contributed by atoms with Gasteiger partial charge in [0.1, 0.15) is 0 Å². The van der Waals surface area contributed by atoms with Crippen LogP contribution in [0.25, 0.3) is 98.2 Å². The van der Waals surface area contributed by atoms with Gasteiger partial charge < -0.3 is 0 Å². The number of fused-ring (bicyclic) bond motifs is 7. The lowest BCUT2D eigenvalue weighted by molar-refractivity contribution is 0.768. The first-order valence-electron chi connectivity index (χ1n) is 22.5. The summed E-state index contributed by atoms with van der Waals surface area (Å²) in [6.45, 7) is 0. The molecule has 0 atom stereocenters. The number of hydrogen-bond donors (Lipinski definition) is 0. The Morgan fingerprint density at radius 3 is 1.71 bits per heavy atom. The van der Waals surface area contributed by atoms with E-state index in [1.807, 2.05) is 17.4 Å². The first kappa shape index (κ1) is 38.2. The molecule has 0 bridgehead atoms. The zero-order chi connectivity index (χ0) is 43.6. The molecule has 2 aromatic heterocycles. The lowest BCUT2D eigenvalue weighted by atomic mass is 9.67. The standard InChI is InChI=1S/C63H40N2S/c1-4-18-42(19-5-1)62-64-58(45-33-34-57-55(39-45)52-25-12-14-29-56(52)63(57,49-21-6-2-7-22-49)50-23-8-3-9-24-50)40-59(65-62)48-37-46(44-32-31-41-17-10-11-20-43(41)35-44)36-47(38-48)51-27-16-28-54-53-26-13-15-30-60(53)66-61(51)54/h1-40H. The predicted molar refractivity (Wildman–Crippen MR) is 277 cm³/mol. The van der Waals surface area contributed by atoms with Crippen molar-refractivity contribution >= 4 is 42.3 Å². The zero-order valence-electron chi connectivity index (χ0n) is 35.9. The SMILES string of the molecule is c1ccc(-c2nc(-c3cc(-c4ccc5ccccc5c4)cc(-c4cccc5c4sc4ccccc45)c3)cc(-c3ccc4c(c3)-c3ccccc3C4(c3ccccc3)c3ccccc3)n2)cc1. The van der Waals surface area contributed by atoms with E-state index in [0.717, 1.165) is 44.8 Å². The van der Waals surface area contributed by atoms with Crippen LogP contribution in [0.4, 0.5) is 0 Å². The van der Waals surface area contributed by atoms with E-state index in [4.69, 9.17) is 9.97 Å². The smallest absolute Gasteiger partial charge is 0.160 e. The van der Waals surface area contributed by atoms with Crippen LogP contribution in [-0.4, -0.2) is 9.97 Å². The monoisotopic (exact) mass is 856 g/mol. The van der Waals surface area contributed by atoms with Crippen LogP contribution in [0.5, 0.6) is 0 Å². The van der Waals surface area contributed by atoms with E-state index in [1.54, 1.807) is 0 Å². The van der Waals surface area contributed by atoms with Gasteiger partial charge in [-0.25, -0.2) is 9.97 Å². The number of nitrogens with zero attached hydrogens (tertiary/aromatic N) is 2. The maximum atomic E-state index is 5.42. The van der Waals surface area contributed by atoms with Gasteiger partial charge in [0, 0.05) is 36.9 Å². The number of rotatable bonds is 7. The average molecular weight is 857 g/mol. The Bertz CT molecular complexity index is 3780. The van der Waals surface area contributed by atoms with Crippen molar-refractivity contribution in [1.29, 1.82) is 0 Å². The largest absolute Gasteiger partial charge is 0.228 e. The summed E-state index contributed by atoms with van der Waals surface area (Å²) in [4.78, 5) is 10.8. The second-order valence-electron chi connectivity index (χ2n) is 17.3. The fraction of sp³-hybridized carbons (Fsp3) is 0.0159. The number of aromatic nitrogens is 2. The Hall–Kier alpha value is -8.24. The predicted octanol–water partition coefficient (Wildman–Crippen LogP) is 16.7. The summed E-state index contributed by atoms with van der Waals surface area (Å²) in [5.41, 5.74) is 16.5. The minimum Gasteiger partial charge on any atom is -0.228 e. The lowest BCUT2D eigenvalue weighted by Gasteiger charge is -2.33. The number of thiophene rings is 1. The van der Waals surface area contributed by atoms with Gasteiger partial charge in [-0.05, 0) is 109 Å². The van der Waals surface area contributed by atoms with Crippen LogP contribution in [0.2, 0.25) is 0 Å². The van der Waals surface area contributed by atoms with E-state index in [9.17, 15) is 0 Å². The Kier molecular flexibility index (Phi) is 8.97. The third-order valence-electron chi connectivity index (χ3n) is 13.5. The molecular weight excluding hydrogens is 817 g/mol. The summed E-state index contributed by atoms with van der Waals surface area (Å²) < 4.78 is 2.58. The van der Waals surface area contributed by atoms with Crippen LogP contribution >= 0.6 is 11.3 Å². The Labute approximate surface area is 387 Å². The quantitative estimate of drug-likeness (QED) is 0.160. The molecule has 12 aromatic rings. The molecule has 2 nitrogen and oxygen atoms in total. The lowest BCUT2D eigenvalue weighted by Crippen LogP contribution is -2.28. The fourth-order valence-corrected chi connectivity index (χ4v) is 11.7. The second-order valence-corrected chi connectivity index (χ2v) is 18.3. The highest BCUT2D eigenvalue weighted by Crippen LogP contribution is 2.56. The molecule has 0 spiro atoms. The molecule has 66 heavy (non-hydrogen) atoms. The first-order valence-corrected chi connectivity index (χ1v) is 23.4. The highest BCUT2D eigenvalue weighted by molar-refractivity contribution is 7.26. The summed E-state index contributed by atoms with van der Waals surface area (Å²) in [7, 11) is 0. The Morgan fingerprint density at radius 1 is 0.318 bits per heavy atom. The van der Waals surface area contributed by atoms with Gasteiger partial charge in [-0.15, -0.1) is 11.3 Å². The minimum atomic E-state index is -0.476. The molecule has 0 N–H and O–H groups in total. The number of hydrogen-bond acceptors (Lipinski definition) is 3. The molecule has 0 aliphatic heterocycles. The summed E-state index contributed by atoms with van der Waals surface area (Å²) >= 11 is 1.86. The summed E-state index contributed by atoms with van der Waals surface area (Å²) in [5.74, 6) is 0.691. The molecule has 308 valence electrons. The molecule has 0 unspecified atom stereocenters. The topological polar surface area (TPSA) is 25.8 Å². The molecule has 0 amide bonds. The van der Waals surface area contributed by atoms with E-state index < -0.39 is 5.41 Å². The van der Waals surface area contributed by atoms with Gasteiger partial charge in [0.05, 0.1) is 16.8 Å². The third kappa shape index (κ3) is 6.16. The summed E-state index contributed by atoms with van der Waals surface area (Å²) in [6, 6.07) is 88.3. The normalized spacial score (nSPS) is 12.7. The number of benzene rings is 10. The highest BCUT2D eigenvalue weighted by Gasteiger charge is 2.46. The van der Waals surface area contributed by atoms with Crippen LogP contribution in [-0.2, 0) is 5.41 Å². The average Bonchev–Trinajstić information content (AvgIpc) is 3.93. The van der Waals surface area contributed by atoms with Crippen molar-refractivity contribution in [3.63, 3.8) is 0 Å². The highest BCUT2D eigenvalue weighted by atomic mass is 32.1. The van der Waals surface area contributed by atoms with E-state index in [2.05, 4.69) is 237 Å². The first-order chi connectivity index (χ1) is 32.7. The van der Waals surface area contributed by atoms with Gasteiger partial charge in [-0.2, -0.15) is 0 Å². The van der Waals surface area contributed by atoms with Crippen LogP contribution in [0.15, 0.2) is 243 Å². The molecule has 0 fully saturated rings. The molecule has 3 heteroatoms. The van der Waals surface area contributed by atoms with Crippen molar-refractivity contribution in [2.75, 3.05) is 0 Å². The van der Waals surface area contributed by atoms with Gasteiger partial charge >= 0.3 is 0 Å². The van der Waals surface area contributed by atoms with Crippen LogP contribution in [0, 0.1) is 0 Å². The van der Waals surface area contributed by atoms with E-state index in [-0.39, 0.29) is 0 Å². The molecule has 13 rings (SSSR count). The van der Waals surface area contributed by atoms with Gasteiger partial charge in [0.15, 0.2) is 5.82 Å².